The summed E-state index contributed by atoms with van der Waals surface area (Å²) in [7, 11) is 0. The summed E-state index contributed by atoms with van der Waals surface area (Å²) in [6, 6.07) is 9.72. The van der Waals surface area contributed by atoms with Crippen LogP contribution in [0.15, 0.2) is 53.5 Å². The van der Waals surface area contributed by atoms with E-state index in [4.69, 9.17) is 4.74 Å². The topological polar surface area (TPSA) is 165 Å². The van der Waals surface area contributed by atoms with Crippen molar-refractivity contribution in [1.29, 1.82) is 0 Å². The lowest BCUT2D eigenvalue weighted by Gasteiger charge is -2.25. The van der Waals surface area contributed by atoms with Gasteiger partial charge >= 0.3 is 6.09 Å². The minimum Gasteiger partial charge on any atom is -0.444 e. The first kappa shape index (κ1) is 31.5. The molecule has 1 saturated heterocycles. The molecule has 2 aromatic rings. The Morgan fingerprint density at radius 2 is 1.72 bits per heavy atom. The van der Waals surface area contributed by atoms with Gasteiger partial charge in [-0.05, 0) is 63.6 Å². The second-order valence-electron chi connectivity index (χ2n) is 12.1. The summed E-state index contributed by atoms with van der Waals surface area (Å²) >= 11 is 0. The lowest BCUT2D eigenvalue weighted by Crippen LogP contribution is -2.51. The van der Waals surface area contributed by atoms with Gasteiger partial charge in [0.05, 0.1) is 6.04 Å². The van der Waals surface area contributed by atoms with Crippen LogP contribution in [0.3, 0.4) is 0 Å². The monoisotopic (exact) mass is 593 g/mol. The molecule has 1 aromatic carbocycles. The highest BCUT2D eigenvalue weighted by molar-refractivity contribution is 6.38. The lowest BCUT2D eigenvalue weighted by atomic mass is 9.94. The van der Waals surface area contributed by atoms with E-state index >= 15 is 0 Å². The molecule has 1 unspecified atom stereocenters. The number of hydrogen-bond donors (Lipinski definition) is 4. The van der Waals surface area contributed by atoms with Gasteiger partial charge in [-0.1, -0.05) is 43.2 Å². The van der Waals surface area contributed by atoms with Crippen molar-refractivity contribution in [3.05, 3.63) is 64.6 Å². The molecule has 1 aliphatic heterocycles. The number of nitrogens with one attached hydrogen (secondary N) is 4. The first-order chi connectivity index (χ1) is 20.4. The number of ether oxygens (including phenoxy) is 1. The number of rotatable bonds is 12. The molecule has 4 rings (SSSR count). The highest BCUT2D eigenvalue weighted by atomic mass is 16.6. The SMILES string of the molecule is CC(C)(C)OC(=O)Nc1cccn(C(CC2CC2)C(=O)N[C@@H](C[C@@H]2CCNC2=O)C(=O)C(=O)NCc2ccccc2)c1=O. The minimum atomic E-state index is -1.28. The maximum Gasteiger partial charge on any atom is 0.412 e. The number of carbonyl (C=O) groups is 5. The first-order valence-corrected chi connectivity index (χ1v) is 14.6. The Morgan fingerprint density at radius 1 is 1.00 bits per heavy atom. The van der Waals surface area contributed by atoms with Crippen LogP contribution < -0.4 is 26.8 Å². The van der Waals surface area contributed by atoms with E-state index in [-0.39, 0.29) is 30.5 Å². The summed E-state index contributed by atoms with van der Waals surface area (Å²) in [4.78, 5) is 78.1. The predicted molar refractivity (Wildman–Crippen MR) is 158 cm³/mol. The molecular formula is C31H39N5O7. The van der Waals surface area contributed by atoms with Crippen molar-refractivity contribution in [2.24, 2.45) is 11.8 Å². The van der Waals surface area contributed by atoms with Crippen molar-refractivity contribution >= 4 is 35.3 Å². The molecule has 2 heterocycles. The Balaban J connectivity index is 1.54. The quantitative estimate of drug-likeness (QED) is 0.275. The van der Waals surface area contributed by atoms with Crippen molar-refractivity contribution in [1.82, 2.24) is 20.5 Å². The fraction of sp³-hybridized carbons (Fsp3) is 0.484. The van der Waals surface area contributed by atoms with Gasteiger partial charge in [-0.15, -0.1) is 0 Å². The van der Waals surface area contributed by atoms with E-state index in [2.05, 4.69) is 21.3 Å². The van der Waals surface area contributed by atoms with Gasteiger partial charge in [0.1, 0.15) is 17.3 Å². The lowest BCUT2D eigenvalue weighted by molar-refractivity contribution is -0.141. The Hall–Kier alpha value is -4.48. The minimum absolute atomic E-state index is 0.0551. The summed E-state index contributed by atoms with van der Waals surface area (Å²) in [6.45, 7) is 5.64. The third-order valence-corrected chi connectivity index (χ3v) is 7.34. The molecule has 1 aromatic heterocycles. The van der Waals surface area contributed by atoms with E-state index in [1.165, 1.54) is 22.9 Å². The van der Waals surface area contributed by atoms with Crippen LogP contribution in [0.1, 0.15) is 64.5 Å². The number of nitrogens with zero attached hydrogens (tertiary/aromatic N) is 1. The molecule has 230 valence electrons. The fourth-order valence-electron chi connectivity index (χ4n) is 4.96. The summed E-state index contributed by atoms with van der Waals surface area (Å²) in [5.74, 6) is -2.98. The standard InChI is InChI=1S/C31H39N5O7/c1-31(2,3)43-30(42)35-22-10-7-15-36(29(22)41)24(16-19-11-12-19)27(39)34-23(17-21-13-14-32-26(21)38)25(37)28(40)33-18-20-8-5-4-6-9-20/h4-10,15,19,21,23-24H,11-14,16-18H2,1-3H3,(H,32,38)(H,33,40)(H,34,39)(H,35,42)/t21-,23-,24?/m0/s1. The van der Waals surface area contributed by atoms with Crippen LogP contribution in [0.25, 0.3) is 0 Å². The van der Waals surface area contributed by atoms with Crippen LogP contribution in [-0.4, -0.2) is 52.4 Å². The number of Topliss-reactive ketones (excluding diaryl/α,β-unsaturated/α-hetero) is 1. The van der Waals surface area contributed by atoms with Crippen LogP contribution in [0.2, 0.25) is 0 Å². The summed E-state index contributed by atoms with van der Waals surface area (Å²) in [5.41, 5.74) is -0.672. The Labute approximate surface area is 249 Å². The third-order valence-electron chi connectivity index (χ3n) is 7.34. The van der Waals surface area contributed by atoms with Crippen molar-refractivity contribution in [3.63, 3.8) is 0 Å². The van der Waals surface area contributed by atoms with E-state index < -0.39 is 52.9 Å². The second kappa shape index (κ2) is 13.7. The largest absolute Gasteiger partial charge is 0.444 e. The van der Waals surface area contributed by atoms with Crippen LogP contribution in [-0.2, 0) is 30.5 Å². The average Bonchev–Trinajstić information content (AvgIpc) is 3.69. The van der Waals surface area contributed by atoms with Crippen LogP contribution in [0.5, 0.6) is 0 Å². The maximum absolute atomic E-state index is 13.8. The van der Waals surface area contributed by atoms with Gasteiger partial charge in [-0.25, -0.2) is 4.79 Å². The van der Waals surface area contributed by atoms with Gasteiger partial charge in [0.2, 0.25) is 17.6 Å². The van der Waals surface area contributed by atoms with E-state index in [9.17, 15) is 28.8 Å². The van der Waals surface area contributed by atoms with Crippen molar-refractivity contribution in [3.8, 4) is 0 Å². The number of amides is 4. The highest BCUT2D eigenvalue weighted by Gasteiger charge is 2.37. The second-order valence-corrected chi connectivity index (χ2v) is 12.1. The molecule has 4 N–H and O–H groups in total. The number of carbonyl (C=O) groups excluding carboxylic acids is 5. The first-order valence-electron chi connectivity index (χ1n) is 14.6. The molecule has 3 atom stereocenters. The van der Waals surface area contributed by atoms with Crippen LogP contribution in [0, 0.1) is 11.8 Å². The molecule has 1 aliphatic carbocycles. The Kier molecular flexibility index (Phi) is 9.99. The summed E-state index contributed by atoms with van der Waals surface area (Å²) in [5, 5.41) is 10.4. The zero-order valence-electron chi connectivity index (χ0n) is 24.7. The molecule has 43 heavy (non-hydrogen) atoms. The van der Waals surface area contributed by atoms with Crippen LogP contribution in [0.4, 0.5) is 10.5 Å². The molecule has 2 fully saturated rings. The summed E-state index contributed by atoms with van der Waals surface area (Å²) in [6.07, 6.45) is 3.15. The van der Waals surface area contributed by atoms with Gasteiger partial charge < -0.3 is 25.3 Å². The van der Waals surface area contributed by atoms with Crippen molar-refractivity contribution in [2.75, 3.05) is 11.9 Å². The number of aromatic nitrogens is 1. The van der Waals surface area contributed by atoms with E-state index in [1.807, 2.05) is 18.2 Å². The molecular weight excluding hydrogens is 554 g/mol. The number of ketones is 1. The smallest absolute Gasteiger partial charge is 0.412 e. The highest BCUT2D eigenvalue weighted by Crippen LogP contribution is 2.37. The molecule has 1 saturated carbocycles. The molecule has 2 aliphatic rings. The van der Waals surface area contributed by atoms with Gasteiger partial charge in [0.25, 0.3) is 11.5 Å². The predicted octanol–water partition coefficient (Wildman–Crippen LogP) is 2.43. The van der Waals surface area contributed by atoms with Crippen LogP contribution >= 0.6 is 0 Å². The van der Waals surface area contributed by atoms with Gasteiger partial charge in [-0.3, -0.25) is 29.3 Å². The Morgan fingerprint density at radius 3 is 2.35 bits per heavy atom. The molecule has 12 heteroatoms. The zero-order chi connectivity index (χ0) is 31.1. The molecule has 0 spiro atoms. The third kappa shape index (κ3) is 9.00. The number of anilines is 1. The number of pyridine rings is 1. The average molecular weight is 594 g/mol. The molecule has 4 amide bonds. The van der Waals surface area contributed by atoms with Gasteiger partial charge in [-0.2, -0.15) is 0 Å². The van der Waals surface area contributed by atoms with Crippen molar-refractivity contribution in [2.45, 2.75) is 77.1 Å². The molecule has 0 radical (unpaired) electrons. The fourth-order valence-corrected chi connectivity index (χ4v) is 4.96. The van der Waals surface area contributed by atoms with E-state index in [1.54, 1.807) is 32.9 Å². The van der Waals surface area contributed by atoms with Crippen molar-refractivity contribution < 1.29 is 28.7 Å². The Bertz CT molecular complexity index is 1410. The normalized spacial score (nSPS) is 17.7. The maximum atomic E-state index is 13.8. The molecule has 0 bridgehead atoms. The summed E-state index contributed by atoms with van der Waals surface area (Å²) < 4.78 is 6.48. The van der Waals surface area contributed by atoms with E-state index in [0.717, 1.165) is 18.4 Å². The zero-order valence-corrected chi connectivity index (χ0v) is 24.7. The molecule has 12 nitrogen and oxygen atoms in total. The van der Waals surface area contributed by atoms with Gasteiger partial charge in [0, 0.05) is 25.2 Å². The van der Waals surface area contributed by atoms with Gasteiger partial charge in [0.15, 0.2) is 0 Å². The van der Waals surface area contributed by atoms with E-state index in [0.29, 0.717) is 19.4 Å². The number of hydrogen-bond acceptors (Lipinski definition) is 7. The number of benzene rings is 1.